The molecule has 6 nitrogen and oxygen atoms in total. The fourth-order valence-electron chi connectivity index (χ4n) is 3.43. The first-order valence-corrected chi connectivity index (χ1v) is 12.7. The molecule has 1 aromatic rings. The molecule has 1 aliphatic carbocycles. The van der Waals surface area contributed by atoms with E-state index in [1.165, 1.54) is 16.9 Å². The third kappa shape index (κ3) is 9.27. The second-order valence-corrected chi connectivity index (χ2v) is 9.52. The Morgan fingerprint density at radius 3 is 2.29 bits per heavy atom. The quantitative estimate of drug-likeness (QED) is 0.255. The van der Waals surface area contributed by atoms with E-state index in [1.54, 1.807) is 32.3 Å². The highest BCUT2D eigenvalue weighted by molar-refractivity contribution is 6.07. The summed E-state index contributed by atoms with van der Waals surface area (Å²) in [5.41, 5.74) is 3.13. The Morgan fingerprint density at radius 2 is 1.77 bits per heavy atom. The number of carbonyl (C=O) groups is 2. The maximum atomic E-state index is 12.2. The van der Waals surface area contributed by atoms with Gasteiger partial charge in [-0.2, -0.15) is 0 Å². The zero-order valence-corrected chi connectivity index (χ0v) is 22.9. The Morgan fingerprint density at radius 1 is 1.14 bits per heavy atom. The predicted octanol–water partition coefficient (Wildman–Crippen LogP) is 6.27. The fourth-order valence-corrected chi connectivity index (χ4v) is 3.43. The molecule has 0 atom stereocenters. The first-order chi connectivity index (χ1) is 16.6. The summed E-state index contributed by atoms with van der Waals surface area (Å²) in [4.78, 5) is 25.6. The molecule has 0 saturated heterocycles. The maximum Gasteiger partial charge on any atom is 0.257 e. The molecule has 6 heteroatoms. The van der Waals surface area contributed by atoms with Crippen LogP contribution in [0.1, 0.15) is 77.6 Å². The van der Waals surface area contributed by atoms with Gasteiger partial charge in [0.05, 0.1) is 17.7 Å². The van der Waals surface area contributed by atoms with Crippen molar-refractivity contribution in [3.63, 3.8) is 0 Å². The molecule has 1 aromatic carbocycles. The minimum Gasteiger partial charge on any atom is -0.505 e. The van der Waals surface area contributed by atoms with E-state index in [1.807, 2.05) is 12.2 Å². The minimum atomic E-state index is -0.301. The summed E-state index contributed by atoms with van der Waals surface area (Å²) < 4.78 is 0. The average molecular weight is 484 g/mol. The molecular weight excluding hydrogens is 438 g/mol. The largest absolute Gasteiger partial charge is 0.505 e. The molecule has 1 amide bonds. The number of allylic oxidation sites excluding steroid dienone is 5. The van der Waals surface area contributed by atoms with Gasteiger partial charge < -0.3 is 20.6 Å². The van der Waals surface area contributed by atoms with Crippen LogP contribution in [0.4, 0.5) is 5.69 Å². The summed E-state index contributed by atoms with van der Waals surface area (Å²) in [6.45, 7) is 13.8. The summed E-state index contributed by atoms with van der Waals surface area (Å²) in [5.74, 6) is 1.01. The maximum absolute atomic E-state index is 12.2. The van der Waals surface area contributed by atoms with Gasteiger partial charge in [-0.1, -0.05) is 70.9 Å². The lowest BCUT2D eigenvalue weighted by Gasteiger charge is -2.25. The number of aromatic hydroxyl groups is 1. The molecule has 0 radical (unpaired) electrons. The number of Topliss-reactive ketones (excluding diaryl/α,β-unsaturated/α-hetero) is 1. The van der Waals surface area contributed by atoms with E-state index in [0.717, 1.165) is 24.5 Å². The Hall–Kier alpha value is -3.02. The lowest BCUT2D eigenvalue weighted by molar-refractivity contribution is -0.116. The van der Waals surface area contributed by atoms with E-state index in [-0.39, 0.29) is 23.0 Å². The van der Waals surface area contributed by atoms with Gasteiger partial charge in [-0.05, 0) is 43.7 Å². The van der Waals surface area contributed by atoms with E-state index < -0.39 is 0 Å². The van der Waals surface area contributed by atoms with Crippen LogP contribution in [0.2, 0.25) is 0 Å². The number of nitrogens with zero attached hydrogens (tertiary/aromatic N) is 1. The van der Waals surface area contributed by atoms with Crippen molar-refractivity contribution in [3.8, 4) is 5.75 Å². The zero-order chi connectivity index (χ0) is 26.5. The summed E-state index contributed by atoms with van der Waals surface area (Å²) >= 11 is 0. The smallest absolute Gasteiger partial charge is 0.257 e. The molecule has 194 valence electrons. The summed E-state index contributed by atoms with van der Waals surface area (Å²) in [5, 5.41) is 16.7. The van der Waals surface area contributed by atoms with Gasteiger partial charge in [0.1, 0.15) is 5.70 Å². The third-order valence-electron chi connectivity index (χ3n) is 6.22. The number of benzene rings is 1. The number of para-hydroxylation sites is 1. The molecule has 0 heterocycles. The highest BCUT2D eigenvalue weighted by Gasteiger charge is 2.28. The van der Waals surface area contributed by atoms with E-state index in [0.29, 0.717) is 30.3 Å². The average Bonchev–Trinajstić information content (AvgIpc) is 2.83. The molecule has 0 saturated carbocycles. The first kappa shape index (κ1) is 30.0. The van der Waals surface area contributed by atoms with Crippen LogP contribution < -0.4 is 10.6 Å². The number of hydrogen-bond donors (Lipinski definition) is 3. The van der Waals surface area contributed by atoms with Crippen LogP contribution in [0.15, 0.2) is 53.4 Å². The summed E-state index contributed by atoms with van der Waals surface area (Å²) in [6.07, 6.45) is 10.1. The number of rotatable bonds is 11. The van der Waals surface area contributed by atoms with Crippen molar-refractivity contribution in [1.82, 2.24) is 10.2 Å². The van der Waals surface area contributed by atoms with Crippen LogP contribution in [-0.4, -0.2) is 42.3 Å². The number of carbonyl (C=O) groups excluding carboxylic acids is 2. The standard InChI is InChI=1S/C24H33N3O3.C5H12/c1-6-17(7-2)16(3)11-8-9-14-25-20-15-21(28)22(20)26-19-13-10-12-18(23(19)29)24(30)27(4)5;1-4-5(2)3/h8-13,17,25-26,29H,6-7,14-15H2,1-5H3;5H,4H2,1-3H3/b9-8+,16-11-;. The van der Waals surface area contributed by atoms with E-state index in [2.05, 4.69) is 58.3 Å². The van der Waals surface area contributed by atoms with Crippen LogP contribution in [0.5, 0.6) is 5.75 Å². The SMILES string of the molecule is CCC(C)C.CCC(CC)/C(C)=C\C=C\CNC1=C(Nc2cccc(C(=O)N(C)C)c2O)C(=O)C1. The molecule has 35 heavy (non-hydrogen) atoms. The molecule has 3 N–H and O–H groups in total. The van der Waals surface area contributed by atoms with Crippen LogP contribution in [0, 0.1) is 11.8 Å². The highest BCUT2D eigenvalue weighted by atomic mass is 16.3. The van der Waals surface area contributed by atoms with Gasteiger partial charge in [-0.15, -0.1) is 0 Å². The predicted molar refractivity (Wildman–Crippen MR) is 146 cm³/mol. The van der Waals surface area contributed by atoms with E-state index in [4.69, 9.17) is 0 Å². The summed E-state index contributed by atoms with van der Waals surface area (Å²) in [6, 6.07) is 4.87. The Balaban J connectivity index is 0.00000111. The second-order valence-electron chi connectivity index (χ2n) is 9.52. The molecule has 0 aromatic heterocycles. The molecule has 0 unspecified atom stereocenters. The van der Waals surface area contributed by atoms with Crippen LogP contribution in [-0.2, 0) is 4.79 Å². The van der Waals surface area contributed by atoms with Crippen molar-refractivity contribution >= 4 is 17.4 Å². The van der Waals surface area contributed by atoms with Gasteiger partial charge in [-0.25, -0.2) is 0 Å². The van der Waals surface area contributed by atoms with Crippen LogP contribution >= 0.6 is 0 Å². The number of ketones is 1. The first-order valence-electron chi connectivity index (χ1n) is 12.7. The van der Waals surface area contributed by atoms with Gasteiger partial charge in [0, 0.05) is 26.3 Å². The van der Waals surface area contributed by atoms with Crippen molar-refractivity contribution in [3.05, 3.63) is 59.0 Å². The van der Waals surface area contributed by atoms with Crippen molar-refractivity contribution in [2.45, 2.75) is 67.2 Å². The Labute approximate surface area is 212 Å². The van der Waals surface area contributed by atoms with Gasteiger partial charge in [0.2, 0.25) is 0 Å². The van der Waals surface area contributed by atoms with Gasteiger partial charge in [0.15, 0.2) is 11.5 Å². The van der Waals surface area contributed by atoms with Crippen molar-refractivity contribution in [1.29, 1.82) is 0 Å². The van der Waals surface area contributed by atoms with Crippen LogP contribution in [0.25, 0.3) is 0 Å². The summed E-state index contributed by atoms with van der Waals surface area (Å²) in [7, 11) is 3.24. The van der Waals surface area contributed by atoms with E-state index >= 15 is 0 Å². The van der Waals surface area contributed by atoms with Crippen molar-refractivity contribution < 1.29 is 14.7 Å². The number of hydrogen-bond acceptors (Lipinski definition) is 5. The van der Waals surface area contributed by atoms with Gasteiger partial charge >= 0.3 is 0 Å². The molecule has 0 bridgehead atoms. The number of phenolic OH excluding ortho intramolecular Hbond substituents is 1. The van der Waals surface area contributed by atoms with E-state index in [9.17, 15) is 14.7 Å². The lowest BCUT2D eigenvalue weighted by atomic mass is 9.95. The zero-order valence-electron chi connectivity index (χ0n) is 22.9. The topological polar surface area (TPSA) is 81.7 Å². The molecular formula is C29H45N3O3. The molecule has 0 aliphatic heterocycles. The normalized spacial score (nSPS) is 13.7. The Bertz CT molecular complexity index is 938. The van der Waals surface area contributed by atoms with Crippen LogP contribution in [0.3, 0.4) is 0 Å². The number of nitrogens with one attached hydrogen (secondary N) is 2. The second kappa shape index (κ2) is 15.1. The molecule has 2 rings (SSSR count). The fraction of sp³-hybridized carbons (Fsp3) is 0.517. The minimum absolute atomic E-state index is 0.0327. The Kier molecular flexibility index (Phi) is 12.9. The third-order valence-corrected chi connectivity index (χ3v) is 6.22. The van der Waals surface area contributed by atoms with Crippen molar-refractivity contribution in [2.75, 3.05) is 26.0 Å². The number of phenols is 1. The lowest BCUT2D eigenvalue weighted by Crippen LogP contribution is -2.32. The van der Waals surface area contributed by atoms with Gasteiger partial charge in [0.25, 0.3) is 5.91 Å². The monoisotopic (exact) mass is 483 g/mol. The van der Waals surface area contributed by atoms with Crippen molar-refractivity contribution in [2.24, 2.45) is 11.8 Å². The number of amides is 1. The molecule has 0 spiro atoms. The molecule has 1 aliphatic rings. The van der Waals surface area contributed by atoms with Gasteiger partial charge in [-0.3, -0.25) is 9.59 Å². The number of anilines is 1. The highest BCUT2D eigenvalue weighted by Crippen LogP contribution is 2.32. The molecule has 0 fully saturated rings.